The summed E-state index contributed by atoms with van der Waals surface area (Å²) >= 11 is 4.93. The molecule has 1 heterocycles. The van der Waals surface area contributed by atoms with Crippen LogP contribution in [-0.4, -0.2) is 4.98 Å². The predicted octanol–water partition coefficient (Wildman–Crippen LogP) is 3.10. The number of benzene rings is 1. The summed E-state index contributed by atoms with van der Waals surface area (Å²) in [6.45, 7) is 1.94. The van der Waals surface area contributed by atoms with Crippen molar-refractivity contribution >= 4 is 27.3 Å². The maximum atomic E-state index is 13.9. The quantitative estimate of drug-likeness (QED) is 0.669. The third-order valence-corrected chi connectivity index (χ3v) is 4.14. The molecule has 2 rings (SSSR count). The molecule has 0 aliphatic carbocycles. The number of hydrazine groups is 1. The molecule has 0 aliphatic rings. The molecule has 3 nitrogen and oxygen atoms in total. The number of nitrogens with two attached hydrogens (primary N) is 1. The first-order valence-electron chi connectivity index (χ1n) is 5.43. The first-order chi connectivity index (χ1) is 8.61. The minimum atomic E-state index is -0.304. The highest BCUT2D eigenvalue weighted by molar-refractivity contribution is 9.10. The van der Waals surface area contributed by atoms with Crippen LogP contribution in [0.3, 0.4) is 0 Å². The Kier molecular flexibility index (Phi) is 4.45. The van der Waals surface area contributed by atoms with Crippen molar-refractivity contribution < 1.29 is 4.39 Å². The van der Waals surface area contributed by atoms with E-state index in [4.69, 9.17) is 5.84 Å². The summed E-state index contributed by atoms with van der Waals surface area (Å²) in [5.74, 6) is 5.26. The van der Waals surface area contributed by atoms with Crippen molar-refractivity contribution in [3.05, 3.63) is 50.1 Å². The van der Waals surface area contributed by atoms with Gasteiger partial charge < -0.3 is 0 Å². The van der Waals surface area contributed by atoms with E-state index < -0.39 is 0 Å². The van der Waals surface area contributed by atoms with Crippen LogP contribution in [0.4, 0.5) is 4.39 Å². The summed E-state index contributed by atoms with van der Waals surface area (Å²) in [5.41, 5.74) is 4.10. The first-order valence-corrected chi connectivity index (χ1v) is 7.10. The monoisotopic (exact) mass is 329 g/mol. The van der Waals surface area contributed by atoms with Crippen LogP contribution in [-0.2, 0) is 6.42 Å². The first kappa shape index (κ1) is 13.6. The van der Waals surface area contributed by atoms with Crippen LogP contribution < -0.4 is 11.3 Å². The smallest absolute Gasteiger partial charge is 0.129 e. The third kappa shape index (κ3) is 2.95. The number of aromatic nitrogens is 1. The van der Waals surface area contributed by atoms with Gasteiger partial charge in [0, 0.05) is 21.8 Å². The van der Waals surface area contributed by atoms with Gasteiger partial charge in [-0.15, -0.1) is 11.3 Å². The molecular weight excluding hydrogens is 317 g/mol. The lowest BCUT2D eigenvalue weighted by Gasteiger charge is -2.17. The lowest BCUT2D eigenvalue weighted by atomic mass is 10.0. The van der Waals surface area contributed by atoms with Crippen molar-refractivity contribution in [3.63, 3.8) is 0 Å². The van der Waals surface area contributed by atoms with E-state index in [1.807, 2.05) is 12.3 Å². The molecule has 1 unspecified atom stereocenters. The number of thiazole rings is 1. The van der Waals surface area contributed by atoms with E-state index in [0.717, 1.165) is 10.7 Å². The van der Waals surface area contributed by atoms with Gasteiger partial charge >= 0.3 is 0 Å². The zero-order chi connectivity index (χ0) is 13.1. The minimum absolute atomic E-state index is 0.278. The fourth-order valence-corrected chi connectivity index (χ4v) is 3.04. The van der Waals surface area contributed by atoms with Crippen LogP contribution in [0.2, 0.25) is 0 Å². The Hall–Kier alpha value is -0.820. The average Bonchev–Trinajstić information content (AvgIpc) is 2.73. The van der Waals surface area contributed by atoms with Crippen molar-refractivity contribution in [3.8, 4) is 0 Å². The molecule has 0 saturated carbocycles. The molecule has 0 spiro atoms. The van der Waals surface area contributed by atoms with Gasteiger partial charge in [-0.25, -0.2) is 9.37 Å². The van der Waals surface area contributed by atoms with Gasteiger partial charge in [-0.3, -0.25) is 11.3 Å². The number of halogens is 2. The number of aryl methyl sites for hydroxylation is 1. The van der Waals surface area contributed by atoms with Gasteiger partial charge in [-0.1, -0.05) is 22.0 Å². The molecule has 0 saturated heterocycles. The normalized spacial score (nSPS) is 12.7. The van der Waals surface area contributed by atoms with Crippen LogP contribution in [0, 0.1) is 12.7 Å². The lowest BCUT2D eigenvalue weighted by Crippen LogP contribution is -2.30. The molecule has 0 aliphatic heterocycles. The summed E-state index contributed by atoms with van der Waals surface area (Å²) in [7, 11) is 0. The molecule has 0 fully saturated rings. The molecule has 3 N–H and O–H groups in total. The van der Waals surface area contributed by atoms with Crippen molar-refractivity contribution in [1.82, 2.24) is 10.4 Å². The molecule has 1 aromatic heterocycles. The fraction of sp³-hybridized carbons (Fsp3) is 0.250. The predicted molar refractivity (Wildman–Crippen MR) is 74.7 cm³/mol. The largest absolute Gasteiger partial charge is 0.271 e. The Bertz CT molecular complexity index is 524. The standard InChI is InChI=1S/C12H13BrFN3S/c1-7-16-8(6-18-7)5-11(17-15)12-9(13)3-2-4-10(12)14/h2-4,6,11,17H,5,15H2,1H3. The summed E-state index contributed by atoms with van der Waals surface area (Å²) in [6, 6.07) is 4.58. The fourth-order valence-electron chi connectivity index (χ4n) is 1.80. The van der Waals surface area contributed by atoms with Crippen LogP contribution >= 0.6 is 27.3 Å². The Morgan fingerprint density at radius 3 is 2.89 bits per heavy atom. The third-order valence-electron chi connectivity index (χ3n) is 2.63. The molecule has 18 heavy (non-hydrogen) atoms. The van der Waals surface area contributed by atoms with Gasteiger partial charge in [0.15, 0.2) is 0 Å². The zero-order valence-electron chi connectivity index (χ0n) is 9.78. The van der Waals surface area contributed by atoms with Crippen molar-refractivity contribution in [2.24, 2.45) is 5.84 Å². The van der Waals surface area contributed by atoms with E-state index >= 15 is 0 Å². The highest BCUT2D eigenvalue weighted by Gasteiger charge is 2.19. The molecule has 96 valence electrons. The Balaban J connectivity index is 2.28. The molecule has 0 amide bonds. The molecule has 2 aromatic rings. The molecule has 6 heteroatoms. The highest BCUT2D eigenvalue weighted by Crippen LogP contribution is 2.28. The Morgan fingerprint density at radius 2 is 2.33 bits per heavy atom. The highest BCUT2D eigenvalue weighted by atomic mass is 79.9. The molecule has 0 radical (unpaired) electrons. The topological polar surface area (TPSA) is 50.9 Å². The number of nitrogens with zero attached hydrogens (tertiary/aromatic N) is 1. The van der Waals surface area contributed by atoms with Crippen LogP contribution in [0.1, 0.15) is 22.3 Å². The van der Waals surface area contributed by atoms with Gasteiger partial charge in [-0.2, -0.15) is 0 Å². The van der Waals surface area contributed by atoms with E-state index in [0.29, 0.717) is 16.5 Å². The van der Waals surface area contributed by atoms with Crippen molar-refractivity contribution in [1.29, 1.82) is 0 Å². The number of nitrogens with one attached hydrogen (secondary N) is 1. The summed E-state index contributed by atoms with van der Waals surface area (Å²) < 4.78 is 14.6. The maximum Gasteiger partial charge on any atom is 0.129 e. The van der Waals surface area contributed by atoms with Gasteiger partial charge in [0.25, 0.3) is 0 Å². The second kappa shape index (κ2) is 5.88. The van der Waals surface area contributed by atoms with Gasteiger partial charge in [0.2, 0.25) is 0 Å². The second-order valence-corrected chi connectivity index (χ2v) is 5.83. The van der Waals surface area contributed by atoms with Gasteiger partial charge in [0.05, 0.1) is 16.7 Å². The van der Waals surface area contributed by atoms with Crippen LogP contribution in [0.5, 0.6) is 0 Å². The van der Waals surface area contributed by atoms with Crippen LogP contribution in [0.25, 0.3) is 0 Å². The Labute approximate surface area is 117 Å². The van der Waals surface area contributed by atoms with Crippen molar-refractivity contribution in [2.45, 2.75) is 19.4 Å². The number of hydrogen-bond acceptors (Lipinski definition) is 4. The molecule has 1 aromatic carbocycles. The molecular formula is C12H13BrFN3S. The average molecular weight is 330 g/mol. The minimum Gasteiger partial charge on any atom is -0.271 e. The van der Waals surface area contributed by atoms with E-state index in [1.165, 1.54) is 6.07 Å². The summed E-state index contributed by atoms with van der Waals surface area (Å²) in [6.07, 6.45) is 0.556. The molecule has 1 atom stereocenters. The zero-order valence-corrected chi connectivity index (χ0v) is 12.2. The summed E-state index contributed by atoms with van der Waals surface area (Å²) in [4.78, 5) is 4.37. The number of rotatable bonds is 4. The van der Waals surface area contributed by atoms with Crippen LogP contribution in [0.15, 0.2) is 28.1 Å². The maximum absolute atomic E-state index is 13.9. The Morgan fingerprint density at radius 1 is 1.56 bits per heavy atom. The van der Waals surface area contributed by atoms with Crippen molar-refractivity contribution in [2.75, 3.05) is 0 Å². The second-order valence-electron chi connectivity index (χ2n) is 3.92. The van der Waals surface area contributed by atoms with E-state index in [9.17, 15) is 4.39 Å². The van der Waals surface area contributed by atoms with E-state index in [1.54, 1.807) is 23.5 Å². The summed E-state index contributed by atoms with van der Waals surface area (Å²) in [5, 5.41) is 2.96. The van der Waals surface area contributed by atoms with E-state index in [-0.39, 0.29) is 11.9 Å². The van der Waals surface area contributed by atoms with E-state index in [2.05, 4.69) is 26.3 Å². The molecule has 0 bridgehead atoms. The lowest BCUT2D eigenvalue weighted by molar-refractivity contribution is 0.505. The van der Waals surface area contributed by atoms with Gasteiger partial charge in [-0.05, 0) is 19.1 Å². The van der Waals surface area contributed by atoms with Gasteiger partial charge in [0.1, 0.15) is 5.82 Å². The SMILES string of the molecule is Cc1nc(CC(NN)c2c(F)cccc2Br)cs1. The number of hydrogen-bond donors (Lipinski definition) is 2.